The molecule has 0 unspecified atom stereocenters. The number of piperazine rings is 1. The summed E-state index contributed by atoms with van der Waals surface area (Å²) in [5.74, 6) is 0. The fourth-order valence-corrected chi connectivity index (χ4v) is 4.63. The Bertz CT molecular complexity index is 984. The third kappa shape index (κ3) is 4.59. The molecular weight excluding hydrogens is 396 g/mol. The Labute approximate surface area is 183 Å². The van der Waals surface area contributed by atoms with Crippen LogP contribution in [0.4, 0.5) is 0 Å². The van der Waals surface area contributed by atoms with Gasteiger partial charge in [0.1, 0.15) is 38.8 Å². The maximum atomic E-state index is 14.1. The molecule has 1 saturated heterocycles. The lowest BCUT2D eigenvalue weighted by Crippen LogP contribution is -2.63. The van der Waals surface area contributed by atoms with Gasteiger partial charge in [0.25, 0.3) is 0 Å². The van der Waals surface area contributed by atoms with Crippen molar-refractivity contribution in [1.29, 1.82) is 0 Å². The summed E-state index contributed by atoms with van der Waals surface area (Å²) < 4.78 is -0.754. The number of halogens is 1. The summed E-state index contributed by atoms with van der Waals surface area (Å²) >= 11 is 6.08. The second-order valence-electron chi connectivity index (χ2n) is 8.42. The van der Waals surface area contributed by atoms with E-state index in [1.807, 2.05) is 79.7 Å². The Balaban J connectivity index is 1.59. The molecule has 1 heterocycles. The number of hydroxylamine groups is 6. The molecule has 3 aromatic rings. The number of quaternary nitrogens is 2. The molecule has 0 aromatic heterocycles. The van der Waals surface area contributed by atoms with Gasteiger partial charge in [0.05, 0.1) is 0 Å². The molecule has 0 aliphatic carbocycles. The molecule has 4 rings (SSSR count). The predicted octanol–water partition coefficient (Wildman–Crippen LogP) is 5.58. The molecule has 0 N–H and O–H groups in total. The number of nitrogens with zero attached hydrogens (tertiary/aromatic N) is 2. The van der Waals surface area contributed by atoms with E-state index in [0.29, 0.717) is 24.7 Å². The average Bonchev–Trinajstić information content (AvgIpc) is 2.73. The highest BCUT2D eigenvalue weighted by Crippen LogP contribution is 2.37. The largest absolute Gasteiger partial charge is 0.632 e. The van der Waals surface area contributed by atoms with E-state index in [1.165, 1.54) is 0 Å². The van der Waals surface area contributed by atoms with Crippen LogP contribution < -0.4 is 0 Å². The number of aryl methyl sites for hydroxylation is 1. The maximum absolute atomic E-state index is 14.1. The van der Waals surface area contributed by atoms with Crippen molar-refractivity contribution in [2.45, 2.75) is 19.5 Å². The molecule has 3 aromatic carbocycles. The number of hydrogen-bond acceptors (Lipinski definition) is 2. The highest BCUT2D eigenvalue weighted by molar-refractivity contribution is 6.30. The van der Waals surface area contributed by atoms with Crippen molar-refractivity contribution in [3.63, 3.8) is 0 Å². The van der Waals surface area contributed by atoms with Gasteiger partial charge in [0, 0.05) is 21.7 Å². The first-order valence-electron chi connectivity index (χ1n) is 10.4. The van der Waals surface area contributed by atoms with Crippen molar-refractivity contribution < 1.29 is 9.29 Å². The molecule has 0 saturated carbocycles. The molecule has 4 nitrogen and oxygen atoms in total. The molecule has 0 amide bonds. The summed E-state index contributed by atoms with van der Waals surface area (Å²) in [6, 6.07) is 25.1. The van der Waals surface area contributed by atoms with Gasteiger partial charge in [-0.15, -0.1) is 0 Å². The average molecular weight is 423 g/mol. The van der Waals surface area contributed by atoms with E-state index in [9.17, 15) is 10.4 Å². The van der Waals surface area contributed by atoms with E-state index in [1.54, 1.807) is 0 Å². The Morgan fingerprint density at radius 2 is 1.43 bits per heavy atom. The zero-order valence-electron chi connectivity index (χ0n) is 17.2. The third-order valence-electron chi connectivity index (χ3n) is 6.10. The molecule has 1 aliphatic heterocycles. The standard InChI is InChI=1S/C25H27ClN2O2/c1-20-6-5-7-21(18-20)19-27(29)14-16-28(30,17-15-27)25(22-8-3-2-4-9-22)23-10-12-24(26)13-11-23/h2-13,18,25H,14-17,19H2,1H3/t25-,27?,28?/m1/s1. The molecule has 30 heavy (non-hydrogen) atoms. The highest BCUT2D eigenvalue weighted by atomic mass is 35.5. The van der Waals surface area contributed by atoms with Crippen LogP contribution in [0.15, 0.2) is 78.9 Å². The van der Waals surface area contributed by atoms with Crippen LogP contribution in [0.25, 0.3) is 0 Å². The summed E-state index contributed by atoms with van der Waals surface area (Å²) in [5, 5.41) is 28.1. The first-order chi connectivity index (χ1) is 14.4. The molecular formula is C25H27ClN2O2. The van der Waals surface area contributed by atoms with Gasteiger partial charge in [-0.25, -0.2) is 0 Å². The van der Waals surface area contributed by atoms with Gasteiger partial charge in [-0.1, -0.05) is 83.9 Å². The van der Waals surface area contributed by atoms with Gasteiger partial charge in [-0.2, -0.15) is 0 Å². The molecule has 0 spiro atoms. The van der Waals surface area contributed by atoms with E-state index >= 15 is 0 Å². The molecule has 5 heteroatoms. The van der Waals surface area contributed by atoms with E-state index in [-0.39, 0.29) is 23.8 Å². The minimum Gasteiger partial charge on any atom is -0.632 e. The van der Waals surface area contributed by atoms with Gasteiger partial charge < -0.3 is 19.7 Å². The highest BCUT2D eigenvalue weighted by Gasteiger charge is 2.39. The second-order valence-corrected chi connectivity index (χ2v) is 8.85. The van der Waals surface area contributed by atoms with E-state index in [2.05, 4.69) is 6.07 Å². The molecule has 1 fully saturated rings. The van der Waals surface area contributed by atoms with Crippen LogP contribution in [-0.2, 0) is 6.54 Å². The first-order valence-corrected chi connectivity index (χ1v) is 10.8. The summed E-state index contributed by atoms with van der Waals surface area (Å²) in [5.41, 5.74) is 4.09. The van der Waals surface area contributed by atoms with Crippen molar-refractivity contribution in [1.82, 2.24) is 0 Å². The fourth-order valence-electron chi connectivity index (χ4n) is 4.50. The van der Waals surface area contributed by atoms with Crippen molar-refractivity contribution in [2.24, 2.45) is 0 Å². The van der Waals surface area contributed by atoms with E-state index < -0.39 is 4.65 Å². The minimum atomic E-state index is -0.415. The summed E-state index contributed by atoms with van der Waals surface area (Å²) in [4.78, 5) is 0. The monoisotopic (exact) mass is 422 g/mol. The van der Waals surface area contributed by atoms with Crippen LogP contribution >= 0.6 is 11.6 Å². The van der Waals surface area contributed by atoms with Crippen LogP contribution in [0.2, 0.25) is 5.02 Å². The first kappa shape index (κ1) is 21.0. The third-order valence-corrected chi connectivity index (χ3v) is 6.35. The second kappa shape index (κ2) is 8.50. The summed E-state index contributed by atoms with van der Waals surface area (Å²) in [6.45, 7) is 3.65. The van der Waals surface area contributed by atoms with Gasteiger partial charge in [-0.05, 0) is 19.1 Å². The van der Waals surface area contributed by atoms with Crippen molar-refractivity contribution >= 4 is 11.6 Å². The van der Waals surface area contributed by atoms with Gasteiger partial charge in [0.2, 0.25) is 0 Å². The summed E-state index contributed by atoms with van der Waals surface area (Å²) in [7, 11) is 0. The Morgan fingerprint density at radius 1 is 0.800 bits per heavy atom. The number of hydrogen-bond donors (Lipinski definition) is 0. The van der Waals surface area contributed by atoms with Crippen molar-refractivity contribution in [2.75, 3.05) is 26.2 Å². The topological polar surface area (TPSA) is 46.1 Å². The lowest BCUT2D eigenvalue weighted by Gasteiger charge is -2.57. The molecule has 0 radical (unpaired) electrons. The minimum absolute atomic E-state index is 0.289. The predicted molar refractivity (Wildman–Crippen MR) is 121 cm³/mol. The van der Waals surface area contributed by atoms with Gasteiger partial charge >= 0.3 is 0 Å². The van der Waals surface area contributed by atoms with Crippen LogP contribution in [0.1, 0.15) is 28.3 Å². The molecule has 1 aliphatic rings. The number of rotatable bonds is 5. The Morgan fingerprint density at radius 3 is 2.07 bits per heavy atom. The molecule has 1 atom stereocenters. The van der Waals surface area contributed by atoms with Crippen molar-refractivity contribution in [3.8, 4) is 0 Å². The fraction of sp³-hybridized carbons (Fsp3) is 0.280. The van der Waals surface area contributed by atoms with Crippen molar-refractivity contribution in [3.05, 3.63) is 117 Å². The Hall–Kier alpha value is -2.21. The van der Waals surface area contributed by atoms with Crippen LogP contribution in [0.3, 0.4) is 0 Å². The smallest absolute Gasteiger partial charge is 0.140 e. The molecule has 156 valence electrons. The molecule has 0 bridgehead atoms. The lowest BCUT2D eigenvalue weighted by molar-refractivity contribution is -1.01. The zero-order valence-corrected chi connectivity index (χ0v) is 18.0. The van der Waals surface area contributed by atoms with E-state index in [4.69, 9.17) is 11.6 Å². The van der Waals surface area contributed by atoms with Gasteiger partial charge in [-0.3, -0.25) is 0 Å². The lowest BCUT2D eigenvalue weighted by atomic mass is 9.95. The quantitative estimate of drug-likeness (QED) is 0.398. The number of benzene rings is 3. The summed E-state index contributed by atoms with van der Waals surface area (Å²) in [6.07, 6.45) is 0. The van der Waals surface area contributed by atoms with Crippen LogP contribution in [0.5, 0.6) is 0 Å². The SMILES string of the molecule is Cc1cccc(C[N+]2([O-])CC[N+]([O-])([C@H](c3ccccc3)c3ccc(Cl)cc3)CC2)c1. The van der Waals surface area contributed by atoms with Crippen LogP contribution in [-0.4, -0.2) is 35.5 Å². The Kier molecular flexibility index (Phi) is 5.96. The van der Waals surface area contributed by atoms with E-state index in [0.717, 1.165) is 22.3 Å². The van der Waals surface area contributed by atoms with Gasteiger partial charge in [0.15, 0.2) is 0 Å². The maximum Gasteiger partial charge on any atom is 0.140 e. The zero-order chi connectivity index (χ0) is 21.2. The van der Waals surface area contributed by atoms with Crippen LogP contribution in [0, 0.1) is 17.3 Å². The normalized spacial score (nSPS) is 25.1.